The van der Waals surface area contributed by atoms with E-state index in [2.05, 4.69) is 31.9 Å². The van der Waals surface area contributed by atoms with Gasteiger partial charge in [0, 0.05) is 11.3 Å². The molecule has 0 atom stereocenters. The summed E-state index contributed by atoms with van der Waals surface area (Å²) in [5, 5.41) is 0. The van der Waals surface area contributed by atoms with Crippen LogP contribution in [-0.2, 0) is 0 Å². The molecule has 0 aliphatic heterocycles. The predicted octanol–water partition coefficient (Wildman–Crippen LogP) is 4.80. The zero-order valence-corrected chi connectivity index (χ0v) is 14.6. The molecule has 0 aliphatic rings. The van der Waals surface area contributed by atoms with Gasteiger partial charge in [-0.1, -0.05) is 0 Å². The molecular formula is C15H13Br2NO3. The van der Waals surface area contributed by atoms with Gasteiger partial charge in [-0.15, -0.1) is 0 Å². The van der Waals surface area contributed by atoms with Crippen LogP contribution in [0.2, 0.25) is 0 Å². The number of ketones is 1. The van der Waals surface area contributed by atoms with Crippen molar-refractivity contribution >= 4 is 43.3 Å². The number of carbonyl (C=O) groups excluding carboxylic acids is 1. The fourth-order valence-corrected chi connectivity index (χ4v) is 2.66. The van der Waals surface area contributed by atoms with Crippen LogP contribution in [0.3, 0.4) is 0 Å². The maximum absolute atomic E-state index is 11.5. The van der Waals surface area contributed by atoms with Gasteiger partial charge in [0.25, 0.3) is 0 Å². The zero-order valence-electron chi connectivity index (χ0n) is 11.4. The van der Waals surface area contributed by atoms with E-state index in [4.69, 9.17) is 15.2 Å². The van der Waals surface area contributed by atoms with E-state index in [0.717, 1.165) is 8.95 Å². The number of anilines is 1. The van der Waals surface area contributed by atoms with Crippen LogP contribution in [0.25, 0.3) is 0 Å². The summed E-state index contributed by atoms with van der Waals surface area (Å²) in [6.07, 6.45) is 0. The van der Waals surface area contributed by atoms with Crippen molar-refractivity contribution < 1.29 is 14.3 Å². The summed E-state index contributed by atoms with van der Waals surface area (Å²) in [5.74, 6) is 1.72. The van der Waals surface area contributed by atoms with Crippen molar-refractivity contribution in [2.75, 3.05) is 12.8 Å². The molecule has 2 N–H and O–H groups in total. The summed E-state index contributed by atoms with van der Waals surface area (Å²) >= 11 is 6.83. The van der Waals surface area contributed by atoms with E-state index in [-0.39, 0.29) is 5.78 Å². The molecule has 0 aromatic heterocycles. The Morgan fingerprint density at radius 3 is 2.33 bits per heavy atom. The number of carbonyl (C=O) groups is 1. The molecule has 2 rings (SSSR count). The number of Topliss-reactive ketones (excluding diaryl/α,β-unsaturated/α-hetero) is 1. The highest BCUT2D eigenvalue weighted by atomic mass is 79.9. The first-order chi connectivity index (χ1) is 9.92. The van der Waals surface area contributed by atoms with E-state index in [0.29, 0.717) is 28.5 Å². The fraction of sp³-hybridized carbons (Fsp3) is 0.133. The quantitative estimate of drug-likeness (QED) is 0.576. The molecule has 0 radical (unpaired) electrons. The van der Waals surface area contributed by atoms with Crippen molar-refractivity contribution in [1.82, 2.24) is 0 Å². The highest BCUT2D eigenvalue weighted by Gasteiger charge is 2.11. The van der Waals surface area contributed by atoms with E-state index < -0.39 is 0 Å². The Morgan fingerprint density at radius 2 is 1.71 bits per heavy atom. The van der Waals surface area contributed by atoms with Crippen LogP contribution < -0.4 is 15.2 Å². The fourth-order valence-electron chi connectivity index (χ4n) is 1.78. The topological polar surface area (TPSA) is 61.6 Å². The molecule has 6 heteroatoms. The average Bonchev–Trinajstić information content (AvgIpc) is 2.44. The Hall–Kier alpha value is -1.53. The average molecular weight is 415 g/mol. The molecule has 4 nitrogen and oxygen atoms in total. The molecule has 0 fully saturated rings. The molecule has 0 unspecified atom stereocenters. The van der Waals surface area contributed by atoms with Crippen LogP contribution in [0.5, 0.6) is 17.2 Å². The maximum Gasteiger partial charge on any atom is 0.162 e. The van der Waals surface area contributed by atoms with Gasteiger partial charge in [0.1, 0.15) is 17.2 Å². The SMILES string of the molecule is COc1cc(Br)c(Oc2ccc(N)c(C(C)=O)c2)cc1Br. The van der Waals surface area contributed by atoms with Gasteiger partial charge < -0.3 is 15.2 Å². The highest BCUT2D eigenvalue weighted by molar-refractivity contribution is 9.11. The van der Waals surface area contributed by atoms with E-state index in [9.17, 15) is 4.79 Å². The Bertz CT molecular complexity index is 702. The minimum absolute atomic E-state index is 0.104. The normalized spacial score (nSPS) is 10.3. The van der Waals surface area contributed by atoms with E-state index in [1.54, 1.807) is 37.4 Å². The molecule has 2 aromatic rings. The number of hydrogen-bond acceptors (Lipinski definition) is 4. The summed E-state index contributed by atoms with van der Waals surface area (Å²) in [6.45, 7) is 1.47. The molecule has 0 heterocycles. The molecule has 2 aromatic carbocycles. The first-order valence-electron chi connectivity index (χ1n) is 6.03. The summed E-state index contributed by atoms with van der Waals surface area (Å²) in [5.41, 5.74) is 6.64. The molecule has 0 amide bonds. The van der Waals surface area contributed by atoms with Gasteiger partial charge in [0.15, 0.2) is 5.78 Å². The lowest BCUT2D eigenvalue weighted by Crippen LogP contribution is -2.00. The van der Waals surface area contributed by atoms with Gasteiger partial charge >= 0.3 is 0 Å². The van der Waals surface area contributed by atoms with Gasteiger partial charge in [-0.05, 0) is 69.1 Å². The minimum Gasteiger partial charge on any atom is -0.496 e. The number of benzene rings is 2. The first-order valence-corrected chi connectivity index (χ1v) is 7.62. The van der Waals surface area contributed by atoms with Crippen molar-refractivity contribution in [1.29, 1.82) is 0 Å². The van der Waals surface area contributed by atoms with Gasteiger partial charge in [-0.2, -0.15) is 0 Å². The van der Waals surface area contributed by atoms with E-state index in [1.807, 2.05) is 0 Å². The van der Waals surface area contributed by atoms with Crippen LogP contribution in [0.1, 0.15) is 17.3 Å². The van der Waals surface area contributed by atoms with E-state index >= 15 is 0 Å². The minimum atomic E-state index is -0.104. The number of nitrogen functional groups attached to an aromatic ring is 1. The highest BCUT2D eigenvalue weighted by Crippen LogP contribution is 2.38. The van der Waals surface area contributed by atoms with Crippen LogP contribution in [0.4, 0.5) is 5.69 Å². The Kier molecular flexibility index (Phi) is 4.90. The second-order valence-corrected chi connectivity index (χ2v) is 6.03. The number of methoxy groups -OCH3 is 1. The largest absolute Gasteiger partial charge is 0.496 e. The summed E-state index contributed by atoms with van der Waals surface area (Å²) < 4.78 is 12.5. The lowest BCUT2D eigenvalue weighted by atomic mass is 10.1. The summed E-state index contributed by atoms with van der Waals surface area (Å²) in [4.78, 5) is 11.5. The van der Waals surface area contributed by atoms with Gasteiger partial charge in [-0.3, -0.25) is 4.79 Å². The van der Waals surface area contributed by atoms with Crippen LogP contribution in [0, 0.1) is 0 Å². The third-order valence-electron chi connectivity index (χ3n) is 2.84. The predicted molar refractivity (Wildman–Crippen MR) is 89.3 cm³/mol. The zero-order chi connectivity index (χ0) is 15.6. The van der Waals surface area contributed by atoms with Crippen molar-refractivity contribution in [3.05, 3.63) is 44.8 Å². The lowest BCUT2D eigenvalue weighted by Gasteiger charge is -2.12. The number of halogens is 2. The van der Waals surface area contributed by atoms with Crippen molar-refractivity contribution in [3.63, 3.8) is 0 Å². The number of hydrogen-bond donors (Lipinski definition) is 1. The number of rotatable bonds is 4. The molecular weight excluding hydrogens is 402 g/mol. The number of nitrogens with two attached hydrogens (primary N) is 1. The molecule has 21 heavy (non-hydrogen) atoms. The van der Waals surface area contributed by atoms with Crippen LogP contribution >= 0.6 is 31.9 Å². The third kappa shape index (κ3) is 3.57. The first kappa shape index (κ1) is 15.9. The van der Waals surface area contributed by atoms with Crippen LogP contribution in [-0.4, -0.2) is 12.9 Å². The van der Waals surface area contributed by atoms with Crippen LogP contribution in [0.15, 0.2) is 39.3 Å². The second kappa shape index (κ2) is 6.49. The van der Waals surface area contributed by atoms with Crippen molar-refractivity contribution in [2.45, 2.75) is 6.92 Å². The number of ether oxygens (including phenoxy) is 2. The van der Waals surface area contributed by atoms with Gasteiger partial charge in [-0.25, -0.2) is 0 Å². The van der Waals surface area contributed by atoms with Gasteiger partial charge in [0.05, 0.1) is 16.1 Å². The molecule has 110 valence electrons. The lowest BCUT2D eigenvalue weighted by molar-refractivity contribution is 0.101. The molecule has 0 saturated heterocycles. The maximum atomic E-state index is 11.5. The van der Waals surface area contributed by atoms with Crippen molar-refractivity contribution in [3.8, 4) is 17.2 Å². The third-order valence-corrected chi connectivity index (χ3v) is 4.08. The van der Waals surface area contributed by atoms with E-state index in [1.165, 1.54) is 6.92 Å². The monoisotopic (exact) mass is 413 g/mol. The molecule has 0 saturated carbocycles. The summed E-state index contributed by atoms with van der Waals surface area (Å²) in [6, 6.07) is 8.57. The molecule has 0 spiro atoms. The molecule has 0 bridgehead atoms. The molecule has 0 aliphatic carbocycles. The smallest absolute Gasteiger partial charge is 0.162 e. The van der Waals surface area contributed by atoms with Crippen molar-refractivity contribution in [2.24, 2.45) is 0 Å². The Labute approximate surface area is 139 Å². The second-order valence-electron chi connectivity index (χ2n) is 4.32. The Balaban J connectivity index is 2.36. The standard InChI is InChI=1S/C15H13Br2NO3/c1-8(19)10-5-9(3-4-13(10)18)21-15-7-11(16)14(20-2)6-12(15)17/h3-7H,18H2,1-2H3. The summed E-state index contributed by atoms with van der Waals surface area (Å²) in [7, 11) is 1.59. The Morgan fingerprint density at radius 1 is 1.10 bits per heavy atom. The van der Waals surface area contributed by atoms with Gasteiger partial charge in [0.2, 0.25) is 0 Å².